The lowest BCUT2D eigenvalue weighted by molar-refractivity contribution is 0.0944. The average Bonchev–Trinajstić information content (AvgIpc) is 3.43. The molecule has 0 unspecified atom stereocenters. The summed E-state index contributed by atoms with van der Waals surface area (Å²) in [5.74, 6) is -0.254. The number of carbonyl (C=O) groups excluding carboxylic acids is 1. The first kappa shape index (κ1) is 18.3. The van der Waals surface area contributed by atoms with Crippen LogP contribution >= 0.6 is 0 Å². The number of rotatable bonds is 5. The highest BCUT2D eigenvalue weighted by Crippen LogP contribution is 2.41. The van der Waals surface area contributed by atoms with Gasteiger partial charge in [0, 0.05) is 23.9 Å². The Balaban J connectivity index is 1.62. The largest absolute Gasteiger partial charge is 0.347 e. The maximum absolute atomic E-state index is 13.4. The summed E-state index contributed by atoms with van der Waals surface area (Å²) in [4.78, 5) is 25.6. The van der Waals surface area contributed by atoms with Crippen molar-refractivity contribution in [1.82, 2.24) is 15.1 Å². The molecule has 1 fully saturated rings. The molecule has 2 atom stereocenters. The molecule has 0 aliphatic heterocycles. The third-order valence-corrected chi connectivity index (χ3v) is 5.00. The zero-order chi connectivity index (χ0) is 19.8. The molecule has 1 heterocycles. The SMILES string of the molecule is CC(C)Cn1nc(C(=O)N[C@@H]2C[C@@H]2c2cccc(F)c2)c2ccccc2c1=O. The Hall–Kier alpha value is -3.02. The van der Waals surface area contributed by atoms with Crippen molar-refractivity contribution in [2.24, 2.45) is 5.92 Å². The van der Waals surface area contributed by atoms with E-state index in [1.807, 2.05) is 19.9 Å². The highest BCUT2D eigenvalue weighted by molar-refractivity contribution is 6.05. The van der Waals surface area contributed by atoms with Gasteiger partial charge in [-0.3, -0.25) is 9.59 Å². The van der Waals surface area contributed by atoms with Gasteiger partial charge in [0.1, 0.15) is 5.82 Å². The Morgan fingerprint density at radius 3 is 2.68 bits per heavy atom. The van der Waals surface area contributed by atoms with Gasteiger partial charge in [-0.25, -0.2) is 9.07 Å². The van der Waals surface area contributed by atoms with Crippen molar-refractivity contribution in [2.45, 2.75) is 38.8 Å². The summed E-state index contributed by atoms with van der Waals surface area (Å²) in [6.45, 7) is 4.44. The minimum absolute atomic E-state index is 0.0552. The molecule has 6 heteroatoms. The summed E-state index contributed by atoms with van der Waals surface area (Å²) < 4.78 is 14.8. The molecule has 1 saturated carbocycles. The number of hydrogen-bond acceptors (Lipinski definition) is 3. The van der Waals surface area contributed by atoms with Gasteiger partial charge in [-0.2, -0.15) is 5.10 Å². The summed E-state index contributed by atoms with van der Waals surface area (Å²) >= 11 is 0. The van der Waals surface area contributed by atoms with Crippen molar-refractivity contribution in [3.8, 4) is 0 Å². The molecule has 0 radical (unpaired) electrons. The van der Waals surface area contributed by atoms with Gasteiger partial charge in [0.25, 0.3) is 11.5 Å². The molecule has 2 aromatic carbocycles. The second-order valence-electron chi connectivity index (χ2n) is 7.75. The molecule has 4 rings (SSSR count). The molecule has 28 heavy (non-hydrogen) atoms. The van der Waals surface area contributed by atoms with Crippen LogP contribution < -0.4 is 10.9 Å². The zero-order valence-corrected chi connectivity index (χ0v) is 15.9. The van der Waals surface area contributed by atoms with Crippen molar-refractivity contribution in [1.29, 1.82) is 0 Å². The molecular weight excluding hydrogens is 357 g/mol. The normalized spacial score (nSPS) is 18.4. The molecule has 1 N–H and O–H groups in total. The van der Waals surface area contributed by atoms with Crippen molar-refractivity contribution < 1.29 is 9.18 Å². The third-order valence-electron chi connectivity index (χ3n) is 5.00. The van der Waals surface area contributed by atoms with Crippen LogP contribution in [0.2, 0.25) is 0 Å². The van der Waals surface area contributed by atoms with E-state index in [0.717, 1.165) is 12.0 Å². The number of hydrogen-bond donors (Lipinski definition) is 1. The van der Waals surface area contributed by atoms with Crippen LogP contribution in [0.4, 0.5) is 4.39 Å². The lowest BCUT2D eigenvalue weighted by Gasteiger charge is -2.12. The van der Waals surface area contributed by atoms with Crippen LogP contribution in [0.3, 0.4) is 0 Å². The van der Waals surface area contributed by atoms with E-state index >= 15 is 0 Å². The molecule has 1 amide bonds. The molecule has 1 aliphatic rings. The van der Waals surface area contributed by atoms with Gasteiger partial charge in [0.2, 0.25) is 0 Å². The van der Waals surface area contributed by atoms with Crippen LogP contribution in [-0.4, -0.2) is 21.7 Å². The quantitative estimate of drug-likeness (QED) is 0.738. The summed E-state index contributed by atoms with van der Waals surface area (Å²) in [6, 6.07) is 13.5. The highest BCUT2D eigenvalue weighted by Gasteiger charge is 2.40. The molecule has 144 valence electrons. The maximum Gasteiger partial charge on any atom is 0.274 e. The van der Waals surface area contributed by atoms with Gasteiger partial charge in [0.15, 0.2) is 5.69 Å². The monoisotopic (exact) mass is 379 g/mol. The molecule has 0 saturated heterocycles. The van der Waals surface area contributed by atoms with Crippen LogP contribution in [0, 0.1) is 11.7 Å². The molecule has 1 aliphatic carbocycles. The van der Waals surface area contributed by atoms with Crippen molar-refractivity contribution in [2.75, 3.05) is 0 Å². The molecule has 0 spiro atoms. The number of carbonyl (C=O) groups is 1. The van der Waals surface area contributed by atoms with Crippen LogP contribution in [0.5, 0.6) is 0 Å². The molecular formula is C22H22FN3O2. The van der Waals surface area contributed by atoms with E-state index in [1.54, 1.807) is 30.3 Å². The van der Waals surface area contributed by atoms with Crippen LogP contribution in [-0.2, 0) is 6.54 Å². The first-order valence-corrected chi connectivity index (χ1v) is 9.50. The Labute approximate surface area is 162 Å². The van der Waals surface area contributed by atoms with Gasteiger partial charge in [0.05, 0.1) is 5.39 Å². The van der Waals surface area contributed by atoms with Crippen LogP contribution in [0.1, 0.15) is 42.2 Å². The number of halogens is 1. The number of nitrogens with zero attached hydrogens (tertiary/aromatic N) is 2. The zero-order valence-electron chi connectivity index (χ0n) is 15.9. The Bertz CT molecular complexity index is 1110. The molecule has 5 nitrogen and oxygen atoms in total. The number of aromatic nitrogens is 2. The van der Waals surface area contributed by atoms with Crippen molar-refractivity contribution in [3.05, 3.63) is 76.0 Å². The van der Waals surface area contributed by atoms with E-state index in [2.05, 4.69) is 10.4 Å². The maximum atomic E-state index is 13.4. The third kappa shape index (κ3) is 3.54. The number of benzene rings is 2. The summed E-state index contributed by atoms with van der Waals surface area (Å²) in [6.07, 6.45) is 0.763. The highest BCUT2D eigenvalue weighted by atomic mass is 19.1. The van der Waals surface area contributed by atoms with E-state index in [0.29, 0.717) is 17.3 Å². The Morgan fingerprint density at radius 1 is 1.21 bits per heavy atom. The van der Waals surface area contributed by atoms with Crippen LogP contribution in [0.25, 0.3) is 10.8 Å². The summed E-state index contributed by atoms with van der Waals surface area (Å²) in [7, 11) is 0. The van der Waals surface area contributed by atoms with Crippen molar-refractivity contribution >= 4 is 16.7 Å². The first-order valence-electron chi connectivity index (χ1n) is 9.50. The first-order chi connectivity index (χ1) is 13.4. The molecule has 0 bridgehead atoms. The number of fused-ring (bicyclic) bond motifs is 1. The predicted octanol–water partition coefficient (Wildman–Crippen LogP) is 3.48. The van der Waals surface area contributed by atoms with Gasteiger partial charge >= 0.3 is 0 Å². The lowest BCUT2D eigenvalue weighted by Crippen LogP contribution is -2.33. The minimum Gasteiger partial charge on any atom is -0.347 e. The van der Waals surface area contributed by atoms with Crippen LogP contribution in [0.15, 0.2) is 53.3 Å². The van der Waals surface area contributed by atoms with E-state index < -0.39 is 0 Å². The second kappa shape index (κ2) is 7.19. The Kier molecular flexibility index (Phi) is 4.71. The molecule has 3 aromatic rings. The standard InChI is InChI=1S/C22H22FN3O2/c1-13(2)12-26-22(28)17-9-4-3-8-16(17)20(25-26)21(27)24-19-11-18(19)14-6-5-7-15(23)10-14/h3-10,13,18-19H,11-12H2,1-2H3,(H,24,27)/t18-,19-/m1/s1. The number of nitrogens with one attached hydrogen (secondary N) is 1. The smallest absolute Gasteiger partial charge is 0.274 e. The lowest BCUT2D eigenvalue weighted by atomic mass is 10.1. The molecule has 1 aromatic heterocycles. The second-order valence-corrected chi connectivity index (χ2v) is 7.75. The van der Waals surface area contributed by atoms with E-state index in [-0.39, 0.29) is 40.9 Å². The summed E-state index contributed by atoms with van der Waals surface area (Å²) in [5, 5.41) is 8.39. The topological polar surface area (TPSA) is 64.0 Å². The van der Waals surface area contributed by atoms with Gasteiger partial charge in [-0.05, 0) is 36.1 Å². The average molecular weight is 379 g/mol. The fraction of sp³-hybridized carbons (Fsp3) is 0.318. The van der Waals surface area contributed by atoms with Gasteiger partial charge in [-0.1, -0.05) is 44.2 Å². The van der Waals surface area contributed by atoms with Crippen molar-refractivity contribution in [3.63, 3.8) is 0 Å². The Morgan fingerprint density at radius 2 is 1.96 bits per heavy atom. The van der Waals surface area contributed by atoms with Gasteiger partial charge in [-0.15, -0.1) is 0 Å². The van der Waals surface area contributed by atoms with E-state index in [4.69, 9.17) is 0 Å². The van der Waals surface area contributed by atoms with Gasteiger partial charge < -0.3 is 5.32 Å². The van der Waals surface area contributed by atoms with E-state index in [9.17, 15) is 14.0 Å². The predicted molar refractivity (Wildman–Crippen MR) is 106 cm³/mol. The fourth-order valence-corrected chi connectivity index (χ4v) is 3.57. The number of amides is 1. The summed E-state index contributed by atoms with van der Waals surface area (Å²) in [5.41, 5.74) is 0.943. The van der Waals surface area contributed by atoms with E-state index in [1.165, 1.54) is 16.8 Å². The fourth-order valence-electron chi connectivity index (χ4n) is 3.57. The minimum atomic E-state index is -0.308.